The number of thiophene rings is 1. The zero-order chi connectivity index (χ0) is 18.5. The molecule has 26 heavy (non-hydrogen) atoms. The first-order valence-corrected chi connectivity index (χ1v) is 10.3. The number of hydrogen-bond donors (Lipinski definition) is 3. The van der Waals surface area contributed by atoms with Crippen molar-refractivity contribution >= 4 is 45.9 Å². The molecular weight excluding hydrogens is 374 g/mol. The van der Waals surface area contributed by atoms with Crippen molar-refractivity contribution in [1.29, 1.82) is 0 Å². The highest BCUT2D eigenvalue weighted by atomic mass is 32.2. The van der Waals surface area contributed by atoms with E-state index in [1.54, 1.807) is 6.92 Å². The summed E-state index contributed by atoms with van der Waals surface area (Å²) in [6.45, 7) is 2.08. The molecular formula is C16H21N5O3S2. The smallest absolute Gasteiger partial charge is 0.341 e. The molecule has 0 unspecified atom stereocenters. The van der Waals surface area contributed by atoms with Gasteiger partial charge in [-0.25, -0.2) is 9.89 Å². The number of hydrogen-bond acceptors (Lipinski definition) is 8. The van der Waals surface area contributed by atoms with Crippen molar-refractivity contribution in [3.05, 3.63) is 16.0 Å². The Hall–Kier alpha value is -2.07. The maximum Gasteiger partial charge on any atom is 0.341 e. The number of carbonyl (C=O) groups excluding carboxylic acids is 2. The molecule has 0 aromatic carbocycles. The second kappa shape index (κ2) is 8.54. The number of anilines is 2. The number of carbonyl (C=O) groups is 2. The number of H-pyrrole nitrogens is 1. The van der Waals surface area contributed by atoms with Crippen molar-refractivity contribution in [2.24, 2.45) is 0 Å². The second-order valence-corrected chi connectivity index (χ2v) is 7.88. The van der Waals surface area contributed by atoms with Crippen molar-refractivity contribution in [2.45, 2.75) is 44.2 Å². The molecule has 0 atom stereocenters. The van der Waals surface area contributed by atoms with Crippen molar-refractivity contribution in [3.8, 4) is 0 Å². The minimum Gasteiger partial charge on any atom is -0.462 e. The number of nitrogen functional groups attached to an aromatic ring is 1. The molecule has 1 aliphatic carbocycles. The van der Waals surface area contributed by atoms with Gasteiger partial charge in [0.15, 0.2) is 0 Å². The Bertz CT molecular complexity index is 802. The summed E-state index contributed by atoms with van der Waals surface area (Å²) in [6.07, 6.45) is 5.09. The first-order valence-electron chi connectivity index (χ1n) is 8.50. The monoisotopic (exact) mass is 395 g/mol. The van der Waals surface area contributed by atoms with Crippen molar-refractivity contribution < 1.29 is 14.3 Å². The Morgan fingerprint density at radius 3 is 2.88 bits per heavy atom. The lowest BCUT2D eigenvalue weighted by molar-refractivity contribution is -0.113. The van der Waals surface area contributed by atoms with Crippen molar-refractivity contribution in [1.82, 2.24) is 15.2 Å². The number of thioether (sulfide) groups is 1. The molecule has 0 bridgehead atoms. The summed E-state index contributed by atoms with van der Waals surface area (Å²) < 4.78 is 5.22. The van der Waals surface area contributed by atoms with Gasteiger partial charge in [0.05, 0.1) is 17.9 Å². The van der Waals surface area contributed by atoms with Gasteiger partial charge in [-0.3, -0.25) is 4.79 Å². The third kappa shape index (κ3) is 4.36. The number of nitrogens with zero attached hydrogens (tertiary/aromatic N) is 2. The molecule has 0 radical (unpaired) electrons. The second-order valence-electron chi connectivity index (χ2n) is 5.83. The molecule has 0 saturated heterocycles. The molecule has 10 heteroatoms. The summed E-state index contributed by atoms with van der Waals surface area (Å²) in [5, 5.41) is 10.3. The van der Waals surface area contributed by atoms with Gasteiger partial charge in [0.2, 0.25) is 17.0 Å². The molecule has 1 amide bonds. The van der Waals surface area contributed by atoms with Gasteiger partial charge in [-0.15, -0.1) is 16.4 Å². The Labute approximate surface area is 159 Å². The van der Waals surface area contributed by atoms with Crippen LogP contribution in [-0.2, 0) is 22.4 Å². The van der Waals surface area contributed by atoms with E-state index in [4.69, 9.17) is 10.5 Å². The number of nitrogens with one attached hydrogen (secondary N) is 2. The van der Waals surface area contributed by atoms with E-state index >= 15 is 0 Å². The van der Waals surface area contributed by atoms with Crippen LogP contribution in [0.25, 0.3) is 0 Å². The first kappa shape index (κ1) is 18.7. The topological polar surface area (TPSA) is 123 Å². The maximum absolute atomic E-state index is 12.5. The fraction of sp³-hybridized carbons (Fsp3) is 0.500. The third-order valence-corrected chi connectivity index (χ3v) is 6.02. The minimum atomic E-state index is -0.364. The van der Waals surface area contributed by atoms with Gasteiger partial charge in [-0.2, -0.15) is 4.98 Å². The molecule has 2 heterocycles. The van der Waals surface area contributed by atoms with Crippen LogP contribution >= 0.6 is 23.1 Å². The van der Waals surface area contributed by atoms with Crippen LogP contribution in [0.1, 0.15) is 47.0 Å². The van der Waals surface area contributed by atoms with E-state index in [0.717, 1.165) is 37.7 Å². The Morgan fingerprint density at radius 2 is 2.15 bits per heavy atom. The number of nitrogens with two attached hydrogens (primary N) is 1. The van der Waals surface area contributed by atoms with Gasteiger partial charge >= 0.3 is 5.97 Å². The van der Waals surface area contributed by atoms with E-state index < -0.39 is 0 Å². The molecule has 0 fully saturated rings. The maximum atomic E-state index is 12.5. The molecule has 0 saturated carbocycles. The molecule has 8 nitrogen and oxygen atoms in total. The molecule has 4 N–H and O–H groups in total. The van der Waals surface area contributed by atoms with E-state index in [-0.39, 0.29) is 23.6 Å². The van der Waals surface area contributed by atoms with Crippen LogP contribution in [0, 0.1) is 0 Å². The largest absolute Gasteiger partial charge is 0.462 e. The number of fused-ring (bicyclic) bond motifs is 1. The van der Waals surface area contributed by atoms with Crippen LogP contribution < -0.4 is 11.1 Å². The highest BCUT2D eigenvalue weighted by Crippen LogP contribution is 2.38. The Kier molecular flexibility index (Phi) is 6.15. The predicted molar refractivity (Wildman–Crippen MR) is 102 cm³/mol. The number of ether oxygens (including phenoxy) is 1. The van der Waals surface area contributed by atoms with Gasteiger partial charge in [0.25, 0.3) is 0 Å². The van der Waals surface area contributed by atoms with E-state index in [2.05, 4.69) is 20.5 Å². The molecule has 1 aliphatic rings. The predicted octanol–water partition coefficient (Wildman–Crippen LogP) is 2.62. The van der Waals surface area contributed by atoms with Gasteiger partial charge in [0.1, 0.15) is 5.00 Å². The SMILES string of the molecule is CCOC(=O)c1c(NC(=O)CSc2n[nH]c(N)n2)sc2c1CCCCC2. The summed E-state index contributed by atoms with van der Waals surface area (Å²) in [4.78, 5) is 29.9. The van der Waals surface area contributed by atoms with Gasteiger partial charge < -0.3 is 15.8 Å². The van der Waals surface area contributed by atoms with E-state index in [0.29, 0.717) is 22.3 Å². The Morgan fingerprint density at radius 1 is 1.35 bits per heavy atom. The van der Waals surface area contributed by atoms with Crippen LogP contribution in [0.2, 0.25) is 0 Å². The lowest BCUT2D eigenvalue weighted by Crippen LogP contribution is -2.17. The van der Waals surface area contributed by atoms with E-state index in [1.165, 1.54) is 28.0 Å². The number of rotatable bonds is 6. The molecule has 140 valence electrons. The lowest BCUT2D eigenvalue weighted by atomic mass is 10.1. The number of aryl methyl sites for hydroxylation is 1. The quantitative estimate of drug-likeness (QED) is 0.390. The fourth-order valence-electron chi connectivity index (χ4n) is 2.87. The summed E-state index contributed by atoms with van der Waals surface area (Å²) in [5.74, 6) is -0.251. The first-order chi connectivity index (χ1) is 12.6. The summed E-state index contributed by atoms with van der Waals surface area (Å²) >= 11 is 2.66. The van der Waals surface area contributed by atoms with Crippen LogP contribution in [0.4, 0.5) is 10.9 Å². The average molecular weight is 396 g/mol. The Balaban J connectivity index is 1.75. The summed E-state index contributed by atoms with van der Waals surface area (Å²) in [6, 6.07) is 0. The normalized spacial score (nSPS) is 13.7. The van der Waals surface area contributed by atoms with E-state index in [9.17, 15) is 9.59 Å². The molecule has 0 spiro atoms. The highest BCUT2D eigenvalue weighted by Gasteiger charge is 2.26. The van der Waals surface area contributed by atoms with Gasteiger partial charge in [-0.1, -0.05) is 18.2 Å². The number of esters is 1. The summed E-state index contributed by atoms with van der Waals surface area (Å²) in [5.41, 5.74) is 7.03. The number of aromatic nitrogens is 3. The van der Waals surface area contributed by atoms with Crippen LogP contribution in [0.5, 0.6) is 0 Å². The highest BCUT2D eigenvalue weighted by molar-refractivity contribution is 7.99. The van der Waals surface area contributed by atoms with Crippen LogP contribution in [0.15, 0.2) is 5.16 Å². The molecule has 2 aromatic rings. The molecule has 3 rings (SSSR count). The zero-order valence-corrected chi connectivity index (χ0v) is 16.1. The molecule has 2 aromatic heterocycles. The van der Waals surface area contributed by atoms with E-state index in [1.807, 2.05) is 0 Å². The molecule has 0 aliphatic heterocycles. The third-order valence-electron chi connectivity index (χ3n) is 3.97. The number of amides is 1. The van der Waals surface area contributed by atoms with Crippen LogP contribution in [-0.4, -0.2) is 39.4 Å². The van der Waals surface area contributed by atoms with Gasteiger partial charge in [-0.05, 0) is 38.2 Å². The average Bonchev–Trinajstić information content (AvgIpc) is 3.09. The lowest BCUT2D eigenvalue weighted by Gasteiger charge is -2.08. The zero-order valence-electron chi connectivity index (χ0n) is 14.5. The summed E-state index contributed by atoms with van der Waals surface area (Å²) in [7, 11) is 0. The standard InChI is InChI=1S/C16H21N5O3S2/c1-2-24-14(23)12-9-6-4-3-5-7-10(9)26-13(12)18-11(22)8-25-16-19-15(17)20-21-16/h2-8H2,1H3,(H,18,22)(H3,17,19,20,21). The number of aromatic amines is 1. The van der Waals surface area contributed by atoms with Crippen molar-refractivity contribution in [2.75, 3.05) is 23.4 Å². The fourth-order valence-corrected chi connectivity index (χ4v) is 4.76. The van der Waals surface area contributed by atoms with Crippen LogP contribution in [0.3, 0.4) is 0 Å². The van der Waals surface area contributed by atoms with Crippen molar-refractivity contribution in [3.63, 3.8) is 0 Å². The minimum absolute atomic E-state index is 0.127. The van der Waals surface area contributed by atoms with Gasteiger partial charge in [0, 0.05) is 4.88 Å².